The normalized spacial score (nSPS) is 15.8. The van der Waals surface area contributed by atoms with Crippen molar-refractivity contribution in [2.45, 2.75) is 38.8 Å². The third-order valence-corrected chi connectivity index (χ3v) is 2.87. The number of nitrogens with zero attached hydrogens (tertiary/aromatic N) is 1. The summed E-state index contributed by atoms with van der Waals surface area (Å²) < 4.78 is 51.6. The Morgan fingerprint density at radius 2 is 1.70 bits per heavy atom. The van der Waals surface area contributed by atoms with Crippen LogP contribution in [0.3, 0.4) is 0 Å². The summed E-state index contributed by atoms with van der Waals surface area (Å²) in [5.41, 5.74) is -0.601. The van der Waals surface area contributed by atoms with Gasteiger partial charge in [0.1, 0.15) is 11.7 Å². The first-order valence-electron chi connectivity index (χ1n) is 7.03. The Kier molecular flexibility index (Phi) is 4.63. The van der Waals surface area contributed by atoms with E-state index in [0.717, 1.165) is 0 Å². The lowest BCUT2D eigenvalue weighted by molar-refractivity contribution is -0.275. The van der Waals surface area contributed by atoms with Gasteiger partial charge >= 0.3 is 12.5 Å². The van der Waals surface area contributed by atoms with Crippen LogP contribution in [-0.4, -0.2) is 42.2 Å². The third kappa shape index (κ3) is 5.22. The van der Waals surface area contributed by atoms with Gasteiger partial charge in [0.25, 0.3) is 0 Å². The van der Waals surface area contributed by atoms with Crippen LogP contribution in [0.5, 0.6) is 11.5 Å². The SMILES string of the molecule is CC(C)(C)OC(=O)N1CC(Oc2ccccc2OC(F)(F)F)C1. The van der Waals surface area contributed by atoms with Gasteiger partial charge < -0.3 is 19.1 Å². The van der Waals surface area contributed by atoms with E-state index in [2.05, 4.69) is 4.74 Å². The fourth-order valence-electron chi connectivity index (χ4n) is 1.92. The molecule has 0 aromatic heterocycles. The molecule has 1 saturated heterocycles. The first-order chi connectivity index (χ1) is 10.5. The predicted molar refractivity (Wildman–Crippen MR) is 75.3 cm³/mol. The first-order valence-corrected chi connectivity index (χ1v) is 7.03. The molecule has 2 rings (SSSR count). The van der Waals surface area contributed by atoms with E-state index in [1.165, 1.54) is 23.1 Å². The molecule has 1 amide bonds. The van der Waals surface area contributed by atoms with E-state index in [0.29, 0.717) is 0 Å². The van der Waals surface area contributed by atoms with E-state index in [4.69, 9.17) is 9.47 Å². The van der Waals surface area contributed by atoms with Gasteiger partial charge in [-0.1, -0.05) is 12.1 Å². The van der Waals surface area contributed by atoms with Crippen LogP contribution < -0.4 is 9.47 Å². The summed E-state index contributed by atoms with van der Waals surface area (Å²) in [4.78, 5) is 13.2. The standard InChI is InChI=1S/C15H18F3NO4/c1-14(2,3)23-13(20)19-8-10(9-19)21-11-6-4-5-7-12(11)22-15(16,17)18/h4-7,10H,8-9H2,1-3H3. The molecule has 0 bridgehead atoms. The molecule has 8 heteroatoms. The highest BCUT2D eigenvalue weighted by atomic mass is 19.4. The lowest BCUT2D eigenvalue weighted by Gasteiger charge is -2.39. The second-order valence-corrected chi connectivity index (χ2v) is 6.12. The zero-order chi connectivity index (χ0) is 17.3. The minimum atomic E-state index is -4.79. The molecule has 0 spiro atoms. The molecule has 0 atom stereocenters. The Morgan fingerprint density at radius 3 is 2.22 bits per heavy atom. The number of para-hydroxylation sites is 2. The summed E-state index contributed by atoms with van der Waals surface area (Å²) in [6.07, 6.45) is -5.67. The molecule has 1 fully saturated rings. The van der Waals surface area contributed by atoms with Gasteiger partial charge in [-0.05, 0) is 32.9 Å². The number of halogens is 3. The van der Waals surface area contributed by atoms with Crippen LogP contribution in [0, 0.1) is 0 Å². The Bertz CT molecular complexity index is 563. The monoisotopic (exact) mass is 333 g/mol. The van der Waals surface area contributed by atoms with E-state index in [1.54, 1.807) is 26.8 Å². The highest BCUT2D eigenvalue weighted by molar-refractivity contribution is 5.69. The minimum Gasteiger partial charge on any atom is -0.483 e. The smallest absolute Gasteiger partial charge is 0.483 e. The van der Waals surface area contributed by atoms with E-state index in [-0.39, 0.29) is 18.8 Å². The van der Waals surface area contributed by atoms with Gasteiger partial charge in [-0.3, -0.25) is 0 Å². The van der Waals surface area contributed by atoms with Gasteiger partial charge in [0.05, 0.1) is 13.1 Å². The maximum Gasteiger partial charge on any atom is 0.573 e. The first kappa shape index (κ1) is 17.2. The van der Waals surface area contributed by atoms with Crippen molar-refractivity contribution in [1.82, 2.24) is 4.90 Å². The van der Waals surface area contributed by atoms with Gasteiger partial charge in [0, 0.05) is 0 Å². The summed E-state index contributed by atoms with van der Waals surface area (Å²) >= 11 is 0. The number of likely N-dealkylation sites (tertiary alicyclic amines) is 1. The predicted octanol–water partition coefficient (Wildman–Crippen LogP) is 3.58. The molecule has 1 aromatic rings. The molecule has 0 saturated carbocycles. The summed E-state index contributed by atoms with van der Waals surface area (Å²) in [7, 11) is 0. The van der Waals surface area contributed by atoms with Gasteiger partial charge in [-0.2, -0.15) is 0 Å². The highest BCUT2D eigenvalue weighted by Gasteiger charge is 2.37. The lowest BCUT2D eigenvalue weighted by atomic mass is 10.1. The zero-order valence-electron chi connectivity index (χ0n) is 13.0. The maximum atomic E-state index is 12.3. The van der Waals surface area contributed by atoms with Crippen LogP contribution in [-0.2, 0) is 4.74 Å². The van der Waals surface area contributed by atoms with Gasteiger partial charge in [0.2, 0.25) is 0 Å². The molecule has 0 aliphatic carbocycles. The third-order valence-electron chi connectivity index (χ3n) is 2.87. The van der Waals surface area contributed by atoms with Crippen LogP contribution in [0.15, 0.2) is 24.3 Å². The summed E-state index contributed by atoms with van der Waals surface area (Å²) in [5.74, 6) is -0.422. The highest BCUT2D eigenvalue weighted by Crippen LogP contribution is 2.33. The van der Waals surface area contributed by atoms with Gasteiger partial charge in [0.15, 0.2) is 11.5 Å². The number of ether oxygens (including phenoxy) is 3. The molecule has 0 radical (unpaired) electrons. The molecule has 1 aliphatic rings. The fraction of sp³-hybridized carbons (Fsp3) is 0.533. The van der Waals surface area contributed by atoms with Crippen molar-refractivity contribution in [2.75, 3.05) is 13.1 Å². The average Bonchev–Trinajstić information content (AvgIpc) is 2.30. The van der Waals surface area contributed by atoms with Crippen molar-refractivity contribution < 1.29 is 32.2 Å². The molecular weight excluding hydrogens is 315 g/mol. The summed E-state index contributed by atoms with van der Waals surface area (Å²) in [6, 6.07) is 5.52. The molecule has 23 heavy (non-hydrogen) atoms. The molecule has 128 valence electrons. The van der Waals surface area contributed by atoms with Crippen molar-refractivity contribution in [3.63, 3.8) is 0 Å². The number of benzene rings is 1. The maximum absolute atomic E-state index is 12.3. The number of hydrogen-bond acceptors (Lipinski definition) is 4. The number of alkyl halides is 3. The van der Waals surface area contributed by atoms with Crippen LogP contribution in [0.4, 0.5) is 18.0 Å². The molecule has 5 nitrogen and oxygen atoms in total. The Morgan fingerprint density at radius 1 is 1.13 bits per heavy atom. The topological polar surface area (TPSA) is 48.0 Å². The number of carbonyl (C=O) groups is 1. The van der Waals surface area contributed by atoms with E-state index in [9.17, 15) is 18.0 Å². The van der Waals surface area contributed by atoms with Crippen molar-refractivity contribution in [1.29, 1.82) is 0 Å². The average molecular weight is 333 g/mol. The Labute approximate surface area is 131 Å². The number of carbonyl (C=O) groups excluding carboxylic acids is 1. The minimum absolute atomic E-state index is 0.0151. The number of amides is 1. The molecule has 0 N–H and O–H groups in total. The second-order valence-electron chi connectivity index (χ2n) is 6.12. The van der Waals surface area contributed by atoms with Gasteiger partial charge in [-0.25, -0.2) is 4.79 Å². The number of rotatable bonds is 3. The summed E-state index contributed by atoms with van der Waals surface area (Å²) in [5, 5.41) is 0. The summed E-state index contributed by atoms with van der Waals surface area (Å²) in [6.45, 7) is 5.75. The fourth-order valence-corrected chi connectivity index (χ4v) is 1.92. The molecular formula is C15H18F3NO4. The van der Waals surface area contributed by atoms with Crippen molar-refractivity contribution in [3.8, 4) is 11.5 Å². The van der Waals surface area contributed by atoms with Crippen LogP contribution >= 0.6 is 0 Å². The van der Waals surface area contributed by atoms with Crippen molar-refractivity contribution >= 4 is 6.09 Å². The van der Waals surface area contributed by atoms with Crippen molar-refractivity contribution in [2.24, 2.45) is 0 Å². The lowest BCUT2D eigenvalue weighted by Crippen LogP contribution is -2.57. The van der Waals surface area contributed by atoms with Crippen LogP contribution in [0.2, 0.25) is 0 Å². The van der Waals surface area contributed by atoms with Crippen LogP contribution in [0.1, 0.15) is 20.8 Å². The number of hydrogen-bond donors (Lipinski definition) is 0. The largest absolute Gasteiger partial charge is 0.573 e. The van der Waals surface area contributed by atoms with E-state index >= 15 is 0 Å². The molecule has 1 aliphatic heterocycles. The molecule has 1 aromatic carbocycles. The quantitative estimate of drug-likeness (QED) is 0.848. The van der Waals surface area contributed by atoms with E-state index in [1.807, 2.05) is 0 Å². The van der Waals surface area contributed by atoms with Crippen LogP contribution in [0.25, 0.3) is 0 Å². The Balaban J connectivity index is 1.90. The van der Waals surface area contributed by atoms with Crippen molar-refractivity contribution in [3.05, 3.63) is 24.3 Å². The molecule has 0 unspecified atom stereocenters. The Hall–Kier alpha value is -2.12. The van der Waals surface area contributed by atoms with Gasteiger partial charge in [-0.15, -0.1) is 13.2 Å². The second kappa shape index (κ2) is 6.17. The molecule has 1 heterocycles. The van der Waals surface area contributed by atoms with E-state index < -0.39 is 29.9 Å². The zero-order valence-corrected chi connectivity index (χ0v) is 13.0.